The first-order valence-electron chi connectivity index (χ1n) is 6.41. The highest BCUT2D eigenvalue weighted by atomic mass is 16.2. The first kappa shape index (κ1) is 13.6. The highest BCUT2D eigenvalue weighted by Crippen LogP contribution is 2.29. The number of nitrogens with zero attached hydrogens (tertiary/aromatic N) is 2. The van der Waals surface area contributed by atoms with Gasteiger partial charge in [-0.2, -0.15) is 0 Å². The molecule has 0 bridgehead atoms. The van der Waals surface area contributed by atoms with E-state index >= 15 is 0 Å². The first-order chi connectivity index (χ1) is 9.04. The van der Waals surface area contributed by atoms with Crippen LogP contribution < -0.4 is 0 Å². The van der Waals surface area contributed by atoms with E-state index in [-0.39, 0.29) is 18.1 Å². The fourth-order valence-electron chi connectivity index (χ4n) is 2.41. The maximum atomic E-state index is 12.5. The second-order valence-electron chi connectivity index (χ2n) is 5.29. The fourth-order valence-corrected chi connectivity index (χ4v) is 2.41. The molecule has 2 heterocycles. The Bertz CT molecular complexity index is 541. The smallest absolute Gasteiger partial charge is 0.255 e. The molecule has 0 aliphatic carbocycles. The fraction of sp³-hybridized carbons (Fsp3) is 0.467. The molecule has 1 aromatic heterocycles. The average molecular weight is 258 g/mol. The van der Waals surface area contributed by atoms with Crippen molar-refractivity contribution in [3.63, 3.8) is 0 Å². The van der Waals surface area contributed by atoms with Crippen molar-refractivity contribution < 1.29 is 9.90 Å². The average Bonchev–Trinajstić information content (AvgIpc) is 2.75. The predicted octanol–water partition coefficient (Wildman–Crippen LogP) is 1.44. The standard InChI is InChI=1S/C15H18N2O2/c1-15(2)6-4-7-17(15)14(19)13-9-12(5-3-8-18)10-16-11-13/h9-11,18H,4,6-8H2,1-2H3. The van der Waals surface area contributed by atoms with Gasteiger partial charge in [-0.15, -0.1) is 0 Å². The number of aliphatic hydroxyl groups is 1. The maximum absolute atomic E-state index is 12.5. The Morgan fingerprint density at radius 2 is 2.32 bits per heavy atom. The maximum Gasteiger partial charge on any atom is 0.255 e. The molecular formula is C15H18N2O2. The number of aromatic nitrogens is 1. The van der Waals surface area contributed by atoms with E-state index in [1.165, 1.54) is 0 Å². The number of likely N-dealkylation sites (tertiary alicyclic amines) is 1. The third-order valence-corrected chi connectivity index (χ3v) is 3.44. The van der Waals surface area contributed by atoms with Crippen molar-refractivity contribution in [3.05, 3.63) is 29.6 Å². The Morgan fingerprint density at radius 3 is 2.95 bits per heavy atom. The van der Waals surface area contributed by atoms with E-state index in [0.29, 0.717) is 11.1 Å². The monoisotopic (exact) mass is 258 g/mol. The summed E-state index contributed by atoms with van der Waals surface area (Å²) in [6, 6.07) is 1.73. The van der Waals surface area contributed by atoms with Gasteiger partial charge in [0.25, 0.3) is 5.91 Å². The number of carbonyl (C=O) groups excluding carboxylic acids is 1. The van der Waals surface area contributed by atoms with Crippen molar-refractivity contribution >= 4 is 5.91 Å². The molecule has 1 saturated heterocycles. The van der Waals surface area contributed by atoms with Crippen LogP contribution in [0.1, 0.15) is 42.6 Å². The lowest BCUT2D eigenvalue weighted by Gasteiger charge is -2.31. The Hall–Kier alpha value is -1.86. The second kappa shape index (κ2) is 5.41. The van der Waals surface area contributed by atoms with E-state index in [0.717, 1.165) is 19.4 Å². The molecule has 0 radical (unpaired) electrons. The van der Waals surface area contributed by atoms with Gasteiger partial charge in [-0.1, -0.05) is 11.8 Å². The second-order valence-corrected chi connectivity index (χ2v) is 5.29. The molecule has 1 fully saturated rings. The van der Waals surface area contributed by atoms with Crippen molar-refractivity contribution in [1.82, 2.24) is 9.88 Å². The number of hydrogen-bond donors (Lipinski definition) is 1. The van der Waals surface area contributed by atoms with E-state index in [4.69, 9.17) is 5.11 Å². The summed E-state index contributed by atoms with van der Waals surface area (Å²) in [5.41, 5.74) is 1.11. The highest BCUT2D eigenvalue weighted by molar-refractivity contribution is 5.94. The molecule has 0 aromatic carbocycles. The quantitative estimate of drug-likeness (QED) is 0.775. The van der Waals surface area contributed by atoms with E-state index < -0.39 is 0 Å². The van der Waals surface area contributed by atoms with Crippen LogP contribution in [0.3, 0.4) is 0 Å². The lowest BCUT2D eigenvalue weighted by Crippen LogP contribution is -2.42. The normalized spacial score (nSPS) is 16.9. The number of amides is 1. The van der Waals surface area contributed by atoms with E-state index in [2.05, 4.69) is 30.7 Å². The molecule has 0 saturated carbocycles. The first-order valence-corrected chi connectivity index (χ1v) is 6.41. The van der Waals surface area contributed by atoms with Crippen LogP contribution in [-0.2, 0) is 0 Å². The molecule has 0 unspecified atom stereocenters. The molecule has 19 heavy (non-hydrogen) atoms. The summed E-state index contributed by atoms with van der Waals surface area (Å²) in [5, 5.41) is 8.68. The van der Waals surface area contributed by atoms with E-state index in [9.17, 15) is 4.79 Å². The van der Waals surface area contributed by atoms with Crippen LogP contribution in [0.5, 0.6) is 0 Å². The Kier molecular flexibility index (Phi) is 3.87. The molecule has 4 heteroatoms. The number of pyridine rings is 1. The molecular weight excluding hydrogens is 240 g/mol. The predicted molar refractivity (Wildman–Crippen MR) is 72.6 cm³/mol. The van der Waals surface area contributed by atoms with Crippen LogP contribution in [0, 0.1) is 11.8 Å². The van der Waals surface area contributed by atoms with Gasteiger partial charge < -0.3 is 10.0 Å². The minimum absolute atomic E-state index is 0.00245. The van der Waals surface area contributed by atoms with Gasteiger partial charge in [-0.25, -0.2) is 0 Å². The van der Waals surface area contributed by atoms with Gasteiger partial charge in [0.1, 0.15) is 6.61 Å². The van der Waals surface area contributed by atoms with Gasteiger partial charge in [0.2, 0.25) is 0 Å². The molecule has 1 aliphatic heterocycles. The number of rotatable bonds is 1. The summed E-state index contributed by atoms with van der Waals surface area (Å²) in [6.45, 7) is 4.76. The van der Waals surface area contributed by atoms with E-state index in [1.54, 1.807) is 18.5 Å². The van der Waals surface area contributed by atoms with Crippen molar-refractivity contribution in [2.24, 2.45) is 0 Å². The van der Waals surface area contributed by atoms with Gasteiger partial charge >= 0.3 is 0 Å². The summed E-state index contributed by atoms with van der Waals surface area (Å²) in [7, 11) is 0. The molecule has 4 nitrogen and oxygen atoms in total. The van der Waals surface area contributed by atoms with Gasteiger partial charge in [-0.05, 0) is 32.8 Å². The van der Waals surface area contributed by atoms with Gasteiger partial charge in [0, 0.05) is 30.0 Å². The Balaban J connectivity index is 2.24. The topological polar surface area (TPSA) is 53.4 Å². The summed E-state index contributed by atoms with van der Waals surface area (Å²) < 4.78 is 0. The van der Waals surface area contributed by atoms with E-state index in [1.807, 2.05) is 4.90 Å². The molecule has 0 atom stereocenters. The van der Waals surface area contributed by atoms with Gasteiger partial charge in [0.05, 0.1) is 5.56 Å². The lowest BCUT2D eigenvalue weighted by atomic mass is 10.0. The molecule has 1 amide bonds. The number of hydrogen-bond acceptors (Lipinski definition) is 3. The molecule has 0 spiro atoms. The third kappa shape index (κ3) is 2.94. The SMILES string of the molecule is CC1(C)CCCN1C(=O)c1cncc(C#CCO)c1. The summed E-state index contributed by atoms with van der Waals surface area (Å²) in [4.78, 5) is 18.4. The largest absolute Gasteiger partial charge is 0.384 e. The van der Waals surface area contributed by atoms with Crippen molar-refractivity contribution in [2.45, 2.75) is 32.2 Å². The van der Waals surface area contributed by atoms with Crippen LogP contribution >= 0.6 is 0 Å². The molecule has 2 rings (SSSR count). The van der Waals surface area contributed by atoms with Crippen LogP contribution in [0.2, 0.25) is 0 Å². The number of aliphatic hydroxyl groups excluding tert-OH is 1. The lowest BCUT2D eigenvalue weighted by molar-refractivity contribution is 0.0651. The Morgan fingerprint density at radius 1 is 1.53 bits per heavy atom. The van der Waals surface area contributed by atoms with Crippen molar-refractivity contribution in [3.8, 4) is 11.8 Å². The summed E-state index contributed by atoms with van der Waals surface area (Å²) >= 11 is 0. The highest BCUT2D eigenvalue weighted by Gasteiger charge is 2.35. The van der Waals surface area contributed by atoms with Gasteiger partial charge in [-0.3, -0.25) is 9.78 Å². The molecule has 1 aliphatic rings. The van der Waals surface area contributed by atoms with Crippen molar-refractivity contribution in [2.75, 3.05) is 13.2 Å². The minimum atomic E-state index is -0.197. The zero-order valence-corrected chi connectivity index (χ0v) is 11.3. The molecule has 1 N–H and O–H groups in total. The summed E-state index contributed by atoms with van der Waals surface area (Å²) in [5.74, 6) is 5.33. The number of carbonyl (C=O) groups is 1. The molecule has 1 aromatic rings. The summed E-state index contributed by atoms with van der Waals surface area (Å²) in [6.07, 6.45) is 5.22. The van der Waals surface area contributed by atoms with Crippen LogP contribution in [-0.4, -0.2) is 39.6 Å². The third-order valence-electron chi connectivity index (χ3n) is 3.44. The van der Waals surface area contributed by atoms with Crippen LogP contribution in [0.4, 0.5) is 0 Å². The van der Waals surface area contributed by atoms with Crippen LogP contribution in [0.15, 0.2) is 18.5 Å². The van der Waals surface area contributed by atoms with Crippen molar-refractivity contribution in [1.29, 1.82) is 0 Å². The zero-order chi connectivity index (χ0) is 13.9. The minimum Gasteiger partial charge on any atom is -0.384 e. The van der Waals surface area contributed by atoms with Crippen LogP contribution in [0.25, 0.3) is 0 Å². The van der Waals surface area contributed by atoms with Gasteiger partial charge in [0.15, 0.2) is 0 Å². The Labute approximate surface area is 113 Å². The molecule has 100 valence electrons. The zero-order valence-electron chi connectivity index (χ0n) is 11.3.